The van der Waals surface area contributed by atoms with Gasteiger partial charge < -0.3 is 23.4 Å². The van der Waals surface area contributed by atoms with E-state index in [1.165, 1.54) is 4.68 Å². The van der Waals surface area contributed by atoms with Crippen molar-refractivity contribution >= 4 is 39.7 Å². The van der Waals surface area contributed by atoms with E-state index in [0.717, 1.165) is 16.5 Å². The summed E-state index contributed by atoms with van der Waals surface area (Å²) >= 11 is 6.20. The molecule has 0 radical (unpaired) electrons. The predicted molar refractivity (Wildman–Crippen MR) is 173 cm³/mol. The number of allylic oxidation sites excluding steroid dienone is 1. The second-order valence-corrected chi connectivity index (χ2v) is 10.7. The van der Waals surface area contributed by atoms with Gasteiger partial charge in [-0.3, -0.25) is 4.79 Å². The van der Waals surface area contributed by atoms with Crippen LogP contribution in [-0.2, 0) is 13.0 Å². The number of nitrogens with zero attached hydrogens (tertiary/aromatic N) is 3. The molecule has 0 spiro atoms. The van der Waals surface area contributed by atoms with Gasteiger partial charge >= 0.3 is 0 Å². The van der Waals surface area contributed by atoms with Crippen molar-refractivity contribution in [2.24, 2.45) is 5.10 Å². The van der Waals surface area contributed by atoms with E-state index in [1.54, 1.807) is 67.9 Å². The summed E-state index contributed by atoms with van der Waals surface area (Å²) in [6.45, 7) is 4.40. The van der Waals surface area contributed by atoms with Crippen LogP contribution in [0.4, 0.5) is 0 Å². The van der Waals surface area contributed by atoms with E-state index in [0.29, 0.717) is 62.3 Å². The zero-order valence-electron chi connectivity index (χ0n) is 24.2. The fourth-order valence-corrected chi connectivity index (χ4v) is 5.39. The topological polar surface area (TPSA) is 97.3 Å². The van der Waals surface area contributed by atoms with E-state index >= 15 is 0 Å². The van der Waals surface area contributed by atoms with E-state index in [-0.39, 0.29) is 24.8 Å². The van der Waals surface area contributed by atoms with Crippen LogP contribution in [0.3, 0.4) is 0 Å². The molecule has 224 valence electrons. The van der Waals surface area contributed by atoms with E-state index in [4.69, 9.17) is 39.9 Å². The van der Waals surface area contributed by atoms with Crippen LogP contribution in [0.2, 0.25) is 5.02 Å². The van der Waals surface area contributed by atoms with E-state index in [2.05, 4.69) is 11.7 Å². The van der Waals surface area contributed by atoms with Gasteiger partial charge in [0.15, 0.2) is 28.8 Å². The Kier molecular flexibility index (Phi) is 7.44. The molecule has 0 saturated carbocycles. The van der Waals surface area contributed by atoms with Crippen LogP contribution in [0.15, 0.2) is 106 Å². The molecular weight excluding hydrogens is 594 g/mol. The summed E-state index contributed by atoms with van der Waals surface area (Å²) in [6, 6.07) is 23.6. The van der Waals surface area contributed by atoms with Gasteiger partial charge in [-0.25, -0.2) is 4.98 Å². The fourth-order valence-electron chi connectivity index (χ4n) is 5.21. The molecule has 0 N–H and O–H groups in total. The second kappa shape index (κ2) is 11.9. The first-order valence-corrected chi connectivity index (χ1v) is 14.5. The zero-order valence-corrected chi connectivity index (χ0v) is 24.9. The van der Waals surface area contributed by atoms with Crippen LogP contribution in [0, 0.1) is 0 Å². The van der Waals surface area contributed by atoms with Crippen molar-refractivity contribution in [3.8, 4) is 34.6 Å². The minimum absolute atomic E-state index is 0.204. The summed E-state index contributed by atoms with van der Waals surface area (Å²) < 4.78 is 30.2. The SMILES string of the molecule is C=CCc1cc(C=Nn2c(-c3cc4cc(Cl)ccc4o3)nc3ccccc3c2=O)cc(OC)c1OCc1ccc2c(c1)OCO2. The van der Waals surface area contributed by atoms with Crippen molar-refractivity contribution in [1.29, 1.82) is 0 Å². The minimum Gasteiger partial charge on any atom is -0.493 e. The summed E-state index contributed by atoms with van der Waals surface area (Å²) in [4.78, 5) is 18.5. The number of rotatable bonds is 9. The fraction of sp³-hybridized carbons (Fsp3) is 0.114. The second-order valence-electron chi connectivity index (χ2n) is 10.3. The van der Waals surface area contributed by atoms with Crippen molar-refractivity contribution in [2.45, 2.75) is 13.0 Å². The number of fused-ring (bicyclic) bond motifs is 3. The molecule has 0 saturated heterocycles. The normalized spacial score (nSPS) is 12.3. The number of furan rings is 1. The Balaban J connectivity index is 1.27. The molecule has 0 amide bonds. The standard InChI is InChI=1S/C35H26ClN3O6/c1-3-6-23-13-22(15-31(41-2)33(23)42-19-21-9-11-29-30(14-21)44-20-43-29)18-37-39-34(38-27-8-5-4-7-26(27)35(39)40)32-17-24-16-25(36)10-12-28(24)45-32/h3-5,7-18H,1,6,19-20H2,2H3. The Labute approximate surface area is 262 Å². The lowest BCUT2D eigenvalue weighted by atomic mass is 10.1. The number of para-hydroxylation sites is 1. The van der Waals surface area contributed by atoms with Crippen molar-refractivity contribution in [2.75, 3.05) is 13.9 Å². The van der Waals surface area contributed by atoms with Crippen molar-refractivity contribution < 1.29 is 23.4 Å². The van der Waals surface area contributed by atoms with Crippen molar-refractivity contribution in [3.63, 3.8) is 0 Å². The average molecular weight is 620 g/mol. The quantitative estimate of drug-likeness (QED) is 0.123. The molecule has 4 aromatic carbocycles. The van der Waals surface area contributed by atoms with Crippen LogP contribution in [-0.4, -0.2) is 29.8 Å². The molecule has 0 fully saturated rings. The highest BCUT2D eigenvalue weighted by atomic mass is 35.5. The summed E-state index contributed by atoms with van der Waals surface area (Å²) in [5.41, 5.74) is 3.24. The highest BCUT2D eigenvalue weighted by molar-refractivity contribution is 6.31. The third-order valence-corrected chi connectivity index (χ3v) is 7.57. The first-order chi connectivity index (χ1) is 22.0. The van der Waals surface area contributed by atoms with Crippen LogP contribution < -0.4 is 24.5 Å². The number of methoxy groups -OCH3 is 1. The van der Waals surface area contributed by atoms with Crippen LogP contribution in [0.25, 0.3) is 33.5 Å². The van der Waals surface area contributed by atoms with E-state index in [9.17, 15) is 4.79 Å². The first kappa shape index (κ1) is 28.2. The van der Waals surface area contributed by atoms with Crippen LogP contribution in [0.5, 0.6) is 23.0 Å². The van der Waals surface area contributed by atoms with Gasteiger partial charge in [0.1, 0.15) is 12.2 Å². The summed E-state index contributed by atoms with van der Waals surface area (Å²) in [5, 5.41) is 6.39. The summed E-state index contributed by atoms with van der Waals surface area (Å²) in [5.74, 6) is 3.12. The third kappa shape index (κ3) is 5.49. The van der Waals surface area contributed by atoms with Crippen LogP contribution >= 0.6 is 11.6 Å². The van der Waals surface area contributed by atoms with Gasteiger partial charge in [-0.05, 0) is 78.2 Å². The third-order valence-electron chi connectivity index (χ3n) is 7.33. The molecule has 1 aliphatic rings. The molecule has 3 heterocycles. The molecule has 7 rings (SSSR count). The Hall–Kier alpha value is -5.54. The Morgan fingerprint density at radius 3 is 2.78 bits per heavy atom. The lowest BCUT2D eigenvalue weighted by molar-refractivity contribution is 0.174. The molecule has 0 atom stereocenters. The van der Waals surface area contributed by atoms with Gasteiger partial charge in [0.2, 0.25) is 12.6 Å². The molecule has 9 nitrogen and oxygen atoms in total. The largest absolute Gasteiger partial charge is 0.493 e. The molecule has 10 heteroatoms. The average Bonchev–Trinajstić information content (AvgIpc) is 3.70. The van der Waals surface area contributed by atoms with Crippen molar-refractivity contribution in [3.05, 3.63) is 124 Å². The monoisotopic (exact) mass is 619 g/mol. The van der Waals surface area contributed by atoms with Crippen molar-refractivity contribution in [1.82, 2.24) is 9.66 Å². The molecule has 0 unspecified atom stereocenters. The number of halogens is 1. The van der Waals surface area contributed by atoms with Gasteiger partial charge in [0.25, 0.3) is 5.56 Å². The number of hydrogen-bond donors (Lipinski definition) is 0. The smallest absolute Gasteiger partial charge is 0.282 e. The van der Waals surface area contributed by atoms with E-state index in [1.807, 2.05) is 30.3 Å². The molecule has 6 aromatic rings. The molecular formula is C35H26ClN3O6. The van der Waals surface area contributed by atoms with Gasteiger partial charge in [0.05, 0.1) is 24.2 Å². The number of aromatic nitrogens is 2. The minimum atomic E-state index is -0.340. The summed E-state index contributed by atoms with van der Waals surface area (Å²) in [6.07, 6.45) is 3.88. The van der Waals surface area contributed by atoms with Gasteiger partial charge in [-0.1, -0.05) is 35.9 Å². The zero-order chi connectivity index (χ0) is 30.9. The van der Waals surface area contributed by atoms with Gasteiger partial charge in [-0.15, -0.1) is 6.58 Å². The maximum absolute atomic E-state index is 13.7. The highest BCUT2D eigenvalue weighted by Crippen LogP contribution is 2.36. The van der Waals surface area contributed by atoms with E-state index < -0.39 is 0 Å². The number of hydrogen-bond acceptors (Lipinski definition) is 8. The van der Waals surface area contributed by atoms with Gasteiger partial charge in [-0.2, -0.15) is 9.78 Å². The number of ether oxygens (including phenoxy) is 4. The maximum Gasteiger partial charge on any atom is 0.282 e. The Morgan fingerprint density at radius 2 is 1.91 bits per heavy atom. The van der Waals surface area contributed by atoms with Crippen LogP contribution in [0.1, 0.15) is 16.7 Å². The Morgan fingerprint density at radius 1 is 1.04 bits per heavy atom. The predicted octanol–water partition coefficient (Wildman–Crippen LogP) is 7.39. The molecule has 0 aliphatic carbocycles. The highest BCUT2D eigenvalue weighted by Gasteiger charge is 2.18. The Bertz CT molecular complexity index is 2190. The molecule has 0 bridgehead atoms. The molecule has 1 aliphatic heterocycles. The molecule has 2 aromatic heterocycles. The first-order valence-electron chi connectivity index (χ1n) is 14.1. The molecule has 45 heavy (non-hydrogen) atoms. The summed E-state index contributed by atoms with van der Waals surface area (Å²) in [7, 11) is 1.57. The van der Waals surface area contributed by atoms with Gasteiger partial charge in [0, 0.05) is 16.0 Å². The lowest BCUT2D eigenvalue weighted by Gasteiger charge is -2.16. The lowest BCUT2D eigenvalue weighted by Crippen LogP contribution is -2.20. The number of benzene rings is 4. The maximum atomic E-state index is 13.7.